The van der Waals surface area contributed by atoms with Gasteiger partial charge in [0.1, 0.15) is 5.75 Å². The van der Waals surface area contributed by atoms with Crippen molar-refractivity contribution >= 4 is 34.8 Å². The summed E-state index contributed by atoms with van der Waals surface area (Å²) >= 11 is 0. The number of hydrogen-bond acceptors (Lipinski definition) is 6. The molecule has 0 aliphatic carbocycles. The molecule has 1 N–H and O–H groups in total. The average molecular weight is 467 g/mol. The molecule has 2 fully saturated rings. The zero-order valence-corrected chi connectivity index (χ0v) is 19.4. The van der Waals surface area contributed by atoms with E-state index in [1.165, 1.54) is 4.90 Å². The first-order valence-electron chi connectivity index (χ1n) is 11.5. The standard InChI is InChI=1S/C25H30N4O5/c1-27(17-23(30)26-19-4-6-20(7-5-19)28-13-15-33-16-14-28)25(32)18-34-22-10-8-21(9-11-22)29-12-2-3-24(29)31/h4-11H,2-3,12-18H2,1H3,(H,26,30). The molecule has 9 nitrogen and oxygen atoms in total. The van der Waals surface area contributed by atoms with Crippen molar-refractivity contribution in [2.45, 2.75) is 12.8 Å². The number of ether oxygens (including phenoxy) is 2. The Morgan fingerprint density at radius 1 is 1.00 bits per heavy atom. The lowest BCUT2D eigenvalue weighted by atomic mass is 10.2. The van der Waals surface area contributed by atoms with Gasteiger partial charge >= 0.3 is 0 Å². The third kappa shape index (κ3) is 6.05. The van der Waals surface area contributed by atoms with E-state index in [0.717, 1.165) is 37.4 Å². The number of likely N-dealkylation sites (N-methyl/N-ethyl adjacent to an activating group) is 1. The molecule has 0 atom stereocenters. The molecule has 180 valence electrons. The molecule has 2 aromatic carbocycles. The van der Waals surface area contributed by atoms with Crippen LogP contribution in [0, 0.1) is 0 Å². The molecule has 0 unspecified atom stereocenters. The van der Waals surface area contributed by atoms with Crippen LogP contribution in [0.3, 0.4) is 0 Å². The number of anilines is 3. The summed E-state index contributed by atoms with van der Waals surface area (Å²) in [6, 6.07) is 14.7. The van der Waals surface area contributed by atoms with Gasteiger partial charge in [0.2, 0.25) is 11.8 Å². The van der Waals surface area contributed by atoms with Gasteiger partial charge in [-0.3, -0.25) is 14.4 Å². The van der Waals surface area contributed by atoms with Crippen LogP contribution >= 0.6 is 0 Å². The average Bonchev–Trinajstić information content (AvgIpc) is 3.29. The highest BCUT2D eigenvalue weighted by atomic mass is 16.5. The first-order chi connectivity index (χ1) is 16.5. The van der Waals surface area contributed by atoms with Gasteiger partial charge in [0.05, 0.1) is 19.8 Å². The molecule has 2 aliphatic rings. The third-order valence-electron chi connectivity index (χ3n) is 5.92. The fraction of sp³-hybridized carbons (Fsp3) is 0.400. The first kappa shape index (κ1) is 23.6. The molecule has 0 spiro atoms. The van der Waals surface area contributed by atoms with E-state index in [2.05, 4.69) is 10.2 Å². The molecule has 0 saturated carbocycles. The number of morpholine rings is 1. The summed E-state index contributed by atoms with van der Waals surface area (Å²) < 4.78 is 10.9. The maximum absolute atomic E-state index is 12.4. The quantitative estimate of drug-likeness (QED) is 0.641. The molecule has 2 aliphatic heterocycles. The fourth-order valence-electron chi connectivity index (χ4n) is 3.98. The minimum Gasteiger partial charge on any atom is -0.484 e. The van der Waals surface area contributed by atoms with Gasteiger partial charge < -0.3 is 29.5 Å². The highest BCUT2D eigenvalue weighted by molar-refractivity contribution is 5.95. The first-order valence-corrected chi connectivity index (χ1v) is 11.5. The van der Waals surface area contributed by atoms with Crippen LogP contribution in [0.15, 0.2) is 48.5 Å². The maximum atomic E-state index is 12.4. The Morgan fingerprint density at radius 3 is 2.32 bits per heavy atom. The van der Waals surface area contributed by atoms with Crippen molar-refractivity contribution in [3.63, 3.8) is 0 Å². The molecule has 0 aromatic heterocycles. The largest absolute Gasteiger partial charge is 0.484 e. The summed E-state index contributed by atoms with van der Waals surface area (Å²) in [6.45, 7) is 3.60. The van der Waals surface area contributed by atoms with Gasteiger partial charge in [0.25, 0.3) is 5.91 Å². The van der Waals surface area contributed by atoms with Gasteiger partial charge in [0, 0.05) is 50.2 Å². The van der Waals surface area contributed by atoms with Gasteiger partial charge in [-0.15, -0.1) is 0 Å². The Balaban J connectivity index is 1.21. The number of nitrogens with zero attached hydrogens (tertiary/aromatic N) is 3. The normalized spacial score (nSPS) is 15.9. The number of hydrogen-bond donors (Lipinski definition) is 1. The summed E-state index contributed by atoms with van der Waals surface area (Å²) in [5.74, 6) is 0.0602. The summed E-state index contributed by atoms with van der Waals surface area (Å²) in [4.78, 5) is 41.9. The molecular weight excluding hydrogens is 436 g/mol. The second-order valence-corrected chi connectivity index (χ2v) is 8.38. The second kappa shape index (κ2) is 11.0. The minimum absolute atomic E-state index is 0.0799. The number of rotatable bonds is 8. The van der Waals surface area contributed by atoms with Gasteiger partial charge in [-0.2, -0.15) is 0 Å². The molecule has 34 heavy (non-hydrogen) atoms. The van der Waals surface area contributed by atoms with Crippen LogP contribution in [-0.4, -0.2) is 75.7 Å². The lowest BCUT2D eigenvalue weighted by molar-refractivity contribution is -0.135. The lowest BCUT2D eigenvalue weighted by Crippen LogP contribution is -2.37. The van der Waals surface area contributed by atoms with Crippen molar-refractivity contribution in [2.75, 3.05) is 68.2 Å². The molecule has 2 saturated heterocycles. The van der Waals surface area contributed by atoms with E-state index in [1.807, 2.05) is 36.4 Å². The molecule has 3 amide bonds. The number of carbonyl (C=O) groups is 3. The Bertz CT molecular complexity index is 1000. The van der Waals surface area contributed by atoms with Crippen LogP contribution < -0.4 is 19.9 Å². The monoisotopic (exact) mass is 466 g/mol. The fourth-order valence-corrected chi connectivity index (χ4v) is 3.98. The lowest BCUT2D eigenvalue weighted by Gasteiger charge is -2.28. The maximum Gasteiger partial charge on any atom is 0.260 e. The van der Waals surface area contributed by atoms with Crippen molar-refractivity contribution in [1.29, 1.82) is 0 Å². The number of nitrogens with one attached hydrogen (secondary N) is 1. The van der Waals surface area contributed by atoms with E-state index in [-0.39, 0.29) is 30.9 Å². The van der Waals surface area contributed by atoms with Crippen molar-refractivity contribution in [2.24, 2.45) is 0 Å². The predicted octanol–water partition coefficient (Wildman–Crippen LogP) is 2.13. The molecular formula is C25H30N4O5. The molecule has 0 radical (unpaired) electrons. The van der Waals surface area contributed by atoms with Crippen LogP contribution in [0.25, 0.3) is 0 Å². The van der Waals surface area contributed by atoms with Crippen molar-refractivity contribution in [3.8, 4) is 5.75 Å². The van der Waals surface area contributed by atoms with Crippen LogP contribution in [0.1, 0.15) is 12.8 Å². The Labute approximate surface area is 199 Å². The van der Waals surface area contributed by atoms with Crippen molar-refractivity contribution in [3.05, 3.63) is 48.5 Å². The van der Waals surface area contributed by atoms with Crippen LogP contribution in [0.4, 0.5) is 17.1 Å². The number of carbonyl (C=O) groups excluding carboxylic acids is 3. The summed E-state index contributed by atoms with van der Waals surface area (Å²) in [5.41, 5.74) is 2.59. The van der Waals surface area contributed by atoms with E-state index in [4.69, 9.17) is 9.47 Å². The van der Waals surface area contributed by atoms with Gasteiger partial charge in [-0.1, -0.05) is 0 Å². The third-order valence-corrected chi connectivity index (χ3v) is 5.92. The SMILES string of the molecule is CN(CC(=O)Nc1ccc(N2CCOCC2)cc1)C(=O)COc1ccc(N2CCCC2=O)cc1. The van der Waals surface area contributed by atoms with Gasteiger partial charge in [-0.25, -0.2) is 0 Å². The molecule has 9 heteroatoms. The minimum atomic E-state index is -0.309. The Kier molecular flexibility index (Phi) is 7.64. The van der Waals surface area contributed by atoms with Crippen molar-refractivity contribution in [1.82, 2.24) is 4.90 Å². The van der Waals surface area contributed by atoms with E-state index in [0.29, 0.717) is 31.1 Å². The highest BCUT2D eigenvalue weighted by Crippen LogP contribution is 2.24. The smallest absolute Gasteiger partial charge is 0.260 e. The zero-order chi connectivity index (χ0) is 23.9. The number of amides is 3. The molecule has 2 aromatic rings. The van der Waals surface area contributed by atoms with E-state index < -0.39 is 0 Å². The van der Waals surface area contributed by atoms with Crippen LogP contribution in [0.5, 0.6) is 5.75 Å². The van der Waals surface area contributed by atoms with Gasteiger partial charge in [-0.05, 0) is 55.0 Å². The Morgan fingerprint density at radius 2 is 1.68 bits per heavy atom. The molecule has 2 heterocycles. The molecule has 4 rings (SSSR count). The van der Waals surface area contributed by atoms with Crippen LogP contribution in [0.2, 0.25) is 0 Å². The second-order valence-electron chi connectivity index (χ2n) is 8.38. The van der Waals surface area contributed by atoms with Crippen LogP contribution in [-0.2, 0) is 19.1 Å². The predicted molar refractivity (Wildman–Crippen MR) is 129 cm³/mol. The van der Waals surface area contributed by atoms with Crippen molar-refractivity contribution < 1.29 is 23.9 Å². The highest BCUT2D eigenvalue weighted by Gasteiger charge is 2.21. The number of benzene rings is 2. The molecule has 0 bridgehead atoms. The van der Waals surface area contributed by atoms with E-state index >= 15 is 0 Å². The van der Waals surface area contributed by atoms with E-state index in [1.54, 1.807) is 24.1 Å². The zero-order valence-electron chi connectivity index (χ0n) is 19.4. The summed E-state index contributed by atoms with van der Waals surface area (Å²) in [6.07, 6.45) is 1.44. The van der Waals surface area contributed by atoms with Gasteiger partial charge in [0.15, 0.2) is 6.61 Å². The Hall–Kier alpha value is -3.59. The topological polar surface area (TPSA) is 91.4 Å². The summed E-state index contributed by atoms with van der Waals surface area (Å²) in [7, 11) is 1.56. The summed E-state index contributed by atoms with van der Waals surface area (Å²) in [5, 5.41) is 2.82. The van der Waals surface area contributed by atoms with E-state index in [9.17, 15) is 14.4 Å².